The molecule has 12 heavy (non-hydrogen) atoms. The van der Waals surface area contributed by atoms with E-state index in [0.29, 0.717) is 0 Å². The number of hydrogen-bond acceptors (Lipinski definition) is 1. The Morgan fingerprint density at radius 3 is 2.17 bits per heavy atom. The van der Waals surface area contributed by atoms with Crippen LogP contribution in [0.4, 0.5) is 0 Å². The van der Waals surface area contributed by atoms with E-state index in [0.717, 1.165) is 19.1 Å². The molecule has 0 aliphatic heterocycles. The maximum atomic E-state index is 10.8. The molecule has 0 aromatic heterocycles. The Balaban J connectivity index is 2.78. The van der Waals surface area contributed by atoms with Crippen molar-refractivity contribution in [3.05, 3.63) is 24.3 Å². The Hall–Kier alpha value is -0.850. The highest BCUT2D eigenvalue weighted by Crippen LogP contribution is 2.28. The SMILES string of the molecule is CC(C)(C=O)C1C=CCCC=C1. The van der Waals surface area contributed by atoms with Gasteiger partial charge in [-0.05, 0) is 12.8 Å². The molecule has 66 valence electrons. The molecule has 0 atom stereocenters. The third-order valence-electron chi connectivity index (χ3n) is 2.35. The van der Waals surface area contributed by atoms with Crippen molar-refractivity contribution >= 4 is 6.29 Å². The van der Waals surface area contributed by atoms with E-state index < -0.39 is 0 Å². The van der Waals surface area contributed by atoms with Gasteiger partial charge < -0.3 is 4.79 Å². The van der Waals surface area contributed by atoms with Gasteiger partial charge in [0, 0.05) is 11.3 Å². The smallest absolute Gasteiger partial charge is 0.126 e. The molecule has 1 aliphatic rings. The van der Waals surface area contributed by atoms with Gasteiger partial charge in [0.25, 0.3) is 0 Å². The van der Waals surface area contributed by atoms with E-state index in [4.69, 9.17) is 0 Å². The van der Waals surface area contributed by atoms with Gasteiger partial charge in [-0.2, -0.15) is 0 Å². The normalized spacial score (nSPS) is 19.2. The molecule has 0 heterocycles. The average molecular weight is 164 g/mol. The fourth-order valence-electron chi connectivity index (χ4n) is 1.32. The molecule has 1 aliphatic carbocycles. The second-order valence-corrected chi connectivity index (χ2v) is 3.90. The highest BCUT2D eigenvalue weighted by molar-refractivity contribution is 5.59. The van der Waals surface area contributed by atoms with Gasteiger partial charge >= 0.3 is 0 Å². The van der Waals surface area contributed by atoms with Crippen LogP contribution in [0.2, 0.25) is 0 Å². The Labute approximate surface area is 74.2 Å². The van der Waals surface area contributed by atoms with Crippen molar-refractivity contribution in [2.45, 2.75) is 26.7 Å². The van der Waals surface area contributed by atoms with Crippen LogP contribution in [-0.4, -0.2) is 6.29 Å². The van der Waals surface area contributed by atoms with Crippen molar-refractivity contribution in [3.63, 3.8) is 0 Å². The predicted molar refractivity (Wildman–Crippen MR) is 50.8 cm³/mol. The second-order valence-electron chi connectivity index (χ2n) is 3.90. The molecule has 0 saturated carbocycles. The molecular weight excluding hydrogens is 148 g/mol. The van der Waals surface area contributed by atoms with Crippen LogP contribution >= 0.6 is 0 Å². The average Bonchev–Trinajstić information content (AvgIpc) is 2.32. The largest absolute Gasteiger partial charge is 0.303 e. The number of rotatable bonds is 2. The molecule has 0 N–H and O–H groups in total. The van der Waals surface area contributed by atoms with Crippen molar-refractivity contribution in [3.8, 4) is 0 Å². The fourth-order valence-corrected chi connectivity index (χ4v) is 1.32. The summed E-state index contributed by atoms with van der Waals surface area (Å²) in [4.78, 5) is 10.8. The van der Waals surface area contributed by atoms with Crippen LogP contribution in [0.15, 0.2) is 24.3 Å². The summed E-state index contributed by atoms with van der Waals surface area (Å²) in [5, 5.41) is 0. The van der Waals surface area contributed by atoms with Gasteiger partial charge in [0.15, 0.2) is 0 Å². The lowest BCUT2D eigenvalue weighted by molar-refractivity contribution is -0.115. The van der Waals surface area contributed by atoms with Gasteiger partial charge in [0.2, 0.25) is 0 Å². The summed E-state index contributed by atoms with van der Waals surface area (Å²) in [5.41, 5.74) is -0.253. The number of hydrogen-bond donors (Lipinski definition) is 0. The minimum absolute atomic E-state index is 0.253. The number of carbonyl (C=O) groups is 1. The molecule has 1 heteroatoms. The van der Waals surface area contributed by atoms with Gasteiger partial charge in [0.1, 0.15) is 6.29 Å². The molecule has 0 bridgehead atoms. The van der Waals surface area contributed by atoms with Gasteiger partial charge in [-0.15, -0.1) is 0 Å². The molecule has 0 unspecified atom stereocenters. The topological polar surface area (TPSA) is 17.1 Å². The Morgan fingerprint density at radius 1 is 1.25 bits per heavy atom. The summed E-state index contributed by atoms with van der Waals surface area (Å²) in [6.45, 7) is 3.95. The molecule has 0 amide bonds. The molecule has 1 nitrogen and oxygen atoms in total. The molecule has 0 radical (unpaired) electrons. The van der Waals surface area contributed by atoms with Gasteiger partial charge in [0.05, 0.1) is 0 Å². The minimum atomic E-state index is -0.253. The van der Waals surface area contributed by atoms with Crippen LogP contribution in [0.5, 0.6) is 0 Å². The first-order valence-electron chi connectivity index (χ1n) is 4.46. The van der Waals surface area contributed by atoms with Crippen LogP contribution in [0.3, 0.4) is 0 Å². The summed E-state index contributed by atoms with van der Waals surface area (Å²) in [5.74, 6) is 0.275. The van der Waals surface area contributed by atoms with Crippen LogP contribution in [0, 0.1) is 11.3 Å². The minimum Gasteiger partial charge on any atom is -0.303 e. The molecule has 0 aromatic carbocycles. The van der Waals surface area contributed by atoms with Gasteiger partial charge in [-0.25, -0.2) is 0 Å². The maximum absolute atomic E-state index is 10.8. The summed E-state index contributed by atoms with van der Waals surface area (Å²) in [6.07, 6.45) is 11.8. The highest BCUT2D eigenvalue weighted by Gasteiger charge is 2.24. The van der Waals surface area contributed by atoms with Crippen molar-refractivity contribution in [1.29, 1.82) is 0 Å². The number of allylic oxidation sites excluding steroid dienone is 4. The van der Waals surface area contributed by atoms with E-state index in [1.54, 1.807) is 0 Å². The summed E-state index contributed by atoms with van der Waals surface area (Å²) in [7, 11) is 0. The lowest BCUT2D eigenvalue weighted by atomic mass is 9.80. The monoisotopic (exact) mass is 164 g/mol. The lowest BCUT2D eigenvalue weighted by Gasteiger charge is -2.23. The van der Waals surface area contributed by atoms with Crippen LogP contribution < -0.4 is 0 Å². The first-order chi connectivity index (χ1) is 5.67. The van der Waals surface area contributed by atoms with Crippen molar-refractivity contribution < 1.29 is 4.79 Å². The van der Waals surface area contributed by atoms with E-state index >= 15 is 0 Å². The van der Waals surface area contributed by atoms with E-state index in [-0.39, 0.29) is 11.3 Å². The first kappa shape index (κ1) is 9.24. The zero-order chi connectivity index (χ0) is 9.03. The van der Waals surface area contributed by atoms with Crippen molar-refractivity contribution in [1.82, 2.24) is 0 Å². The third-order valence-corrected chi connectivity index (χ3v) is 2.35. The Kier molecular flexibility index (Phi) is 2.85. The zero-order valence-corrected chi connectivity index (χ0v) is 7.79. The van der Waals surface area contributed by atoms with E-state index in [1.807, 2.05) is 13.8 Å². The van der Waals surface area contributed by atoms with E-state index in [9.17, 15) is 4.79 Å². The molecule has 0 saturated heterocycles. The Morgan fingerprint density at radius 2 is 1.75 bits per heavy atom. The molecule has 0 aromatic rings. The van der Waals surface area contributed by atoms with E-state index in [2.05, 4.69) is 24.3 Å². The van der Waals surface area contributed by atoms with Gasteiger partial charge in [-0.1, -0.05) is 38.2 Å². The molecule has 0 spiro atoms. The molecular formula is C11H16O. The molecule has 0 fully saturated rings. The highest BCUT2D eigenvalue weighted by atomic mass is 16.1. The lowest BCUT2D eigenvalue weighted by Crippen LogP contribution is -2.22. The van der Waals surface area contributed by atoms with Gasteiger partial charge in [-0.3, -0.25) is 0 Å². The fraction of sp³-hybridized carbons (Fsp3) is 0.545. The quantitative estimate of drug-likeness (QED) is 0.453. The number of aldehydes is 1. The third kappa shape index (κ3) is 2.07. The predicted octanol–water partition coefficient (Wildman–Crippen LogP) is 2.73. The first-order valence-corrected chi connectivity index (χ1v) is 4.46. The summed E-state index contributed by atoms with van der Waals surface area (Å²) < 4.78 is 0. The maximum Gasteiger partial charge on any atom is 0.126 e. The van der Waals surface area contributed by atoms with Crippen LogP contribution in [-0.2, 0) is 4.79 Å². The van der Waals surface area contributed by atoms with Crippen LogP contribution in [0.25, 0.3) is 0 Å². The number of carbonyl (C=O) groups excluding carboxylic acids is 1. The standard InChI is InChI=1S/C11H16O/c1-11(2,9-12)10-7-5-3-4-6-8-10/h5-10H,3-4H2,1-2H3. The van der Waals surface area contributed by atoms with E-state index in [1.165, 1.54) is 0 Å². The summed E-state index contributed by atoms with van der Waals surface area (Å²) >= 11 is 0. The second kappa shape index (κ2) is 3.70. The zero-order valence-electron chi connectivity index (χ0n) is 7.79. The Bertz CT molecular complexity index is 197. The molecule has 1 rings (SSSR count). The van der Waals surface area contributed by atoms with Crippen LogP contribution in [0.1, 0.15) is 26.7 Å². The van der Waals surface area contributed by atoms with Crippen molar-refractivity contribution in [2.24, 2.45) is 11.3 Å². The summed E-state index contributed by atoms with van der Waals surface area (Å²) in [6, 6.07) is 0. The van der Waals surface area contributed by atoms with Crippen molar-refractivity contribution in [2.75, 3.05) is 0 Å².